The third-order valence-corrected chi connectivity index (χ3v) is 5.79. The van der Waals surface area contributed by atoms with Crippen molar-refractivity contribution in [2.75, 3.05) is 6.54 Å². The normalized spacial score (nSPS) is 34.7. The second-order valence-corrected chi connectivity index (χ2v) is 6.76. The van der Waals surface area contributed by atoms with Crippen molar-refractivity contribution in [3.63, 3.8) is 0 Å². The van der Waals surface area contributed by atoms with Crippen LogP contribution >= 0.6 is 0 Å². The van der Waals surface area contributed by atoms with Crippen molar-refractivity contribution in [2.24, 2.45) is 23.0 Å². The summed E-state index contributed by atoms with van der Waals surface area (Å²) < 4.78 is 0. The minimum atomic E-state index is -0.396. The lowest BCUT2D eigenvalue weighted by Crippen LogP contribution is -2.41. The summed E-state index contributed by atoms with van der Waals surface area (Å²) in [7, 11) is 0. The van der Waals surface area contributed by atoms with Crippen LogP contribution in [0, 0.1) is 31.1 Å². The average Bonchev–Trinajstić information content (AvgIpc) is 3.02. The topological polar surface area (TPSA) is 46.2 Å². The van der Waals surface area contributed by atoms with Gasteiger partial charge in [0.15, 0.2) is 0 Å². The van der Waals surface area contributed by atoms with Gasteiger partial charge in [0.1, 0.15) is 0 Å². The van der Waals surface area contributed by atoms with E-state index in [0.29, 0.717) is 12.5 Å². The molecule has 4 atom stereocenters. The Labute approximate surface area is 116 Å². The Hall–Kier alpha value is -0.860. The van der Waals surface area contributed by atoms with Gasteiger partial charge in [-0.05, 0) is 61.6 Å². The largest absolute Gasteiger partial charge is 0.388 e. The first kappa shape index (κ1) is 13.1. The highest BCUT2D eigenvalue weighted by molar-refractivity contribution is 5.32. The summed E-state index contributed by atoms with van der Waals surface area (Å²) in [6.45, 7) is 4.84. The molecule has 0 aliphatic heterocycles. The molecule has 3 N–H and O–H groups in total. The lowest BCUT2D eigenvalue weighted by molar-refractivity contribution is -0.0130. The highest BCUT2D eigenvalue weighted by Gasteiger charge is 2.54. The summed E-state index contributed by atoms with van der Waals surface area (Å²) >= 11 is 0. The van der Waals surface area contributed by atoms with Crippen LogP contribution in [0.2, 0.25) is 0 Å². The number of benzene rings is 1. The van der Waals surface area contributed by atoms with E-state index in [1.165, 1.54) is 30.4 Å². The molecule has 2 aliphatic carbocycles. The van der Waals surface area contributed by atoms with Crippen LogP contribution in [-0.4, -0.2) is 11.7 Å². The smallest absolute Gasteiger partial charge is 0.0861 e. The summed E-state index contributed by atoms with van der Waals surface area (Å²) in [6, 6.07) is 6.34. The summed E-state index contributed by atoms with van der Waals surface area (Å²) in [4.78, 5) is 0. The van der Waals surface area contributed by atoms with Gasteiger partial charge in [-0.15, -0.1) is 0 Å². The van der Waals surface area contributed by atoms with Crippen molar-refractivity contribution in [1.29, 1.82) is 0 Å². The maximum atomic E-state index is 10.9. The van der Waals surface area contributed by atoms with Gasteiger partial charge < -0.3 is 10.8 Å². The minimum Gasteiger partial charge on any atom is -0.388 e. The van der Waals surface area contributed by atoms with Crippen LogP contribution in [0.4, 0.5) is 0 Å². The SMILES string of the molecule is Cc1ccc(C(O)C2(CN)CC3CCC2C3)cc1C. The first-order valence-electron chi connectivity index (χ1n) is 7.52. The van der Waals surface area contributed by atoms with Gasteiger partial charge in [-0.2, -0.15) is 0 Å². The molecule has 2 nitrogen and oxygen atoms in total. The lowest BCUT2D eigenvalue weighted by atomic mass is 9.67. The molecule has 0 radical (unpaired) electrons. The van der Waals surface area contributed by atoms with Gasteiger partial charge in [0.2, 0.25) is 0 Å². The number of rotatable bonds is 3. The first-order valence-corrected chi connectivity index (χ1v) is 7.52. The first-order chi connectivity index (χ1) is 9.06. The maximum Gasteiger partial charge on any atom is 0.0861 e. The predicted molar refractivity (Wildman–Crippen MR) is 77.8 cm³/mol. The zero-order chi connectivity index (χ0) is 13.6. The Morgan fingerprint density at radius 1 is 1.32 bits per heavy atom. The summed E-state index contributed by atoms with van der Waals surface area (Å²) in [5, 5.41) is 10.9. The fourth-order valence-corrected chi connectivity index (χ4v) is 4.45. The van der Waals surface area contributed by atoms with Crippen LogP contribution in [-0.2, 0) is 0 Å². The molecule has 3 rings (SSSR count). The fraction of sp³-hybridized carbons (Fsp3) is 0.647. The standard InChI is InChI=1S/C17H25NO/c1-11-3-5-14(7-12(11)2)16(19)17(10-18)9-13-4-6-15(17)8-13/h3,5,7,13,15-16,19H,4,6,8-10,18H2,1-2H3. The molecule has 104 valence electrons. The van der Waals surface area contributed by atoms with E-state index in [1.807, 2.05) is 0 Å². The number of nitrogens with two attached hydrogens (primary N) is 1. The molecule has 1 aromatic rings. The minimum absolute atomic E-state index is 0.0649. The van der Waals surface area contributed by atoms with Crippen LogP contribution < -0.4 is 5.73 Å². The molecule has 2 heteroatoms. The van der Waals surface area contributed by atoms with E-state index >= 15 is 0 Å². The second-order valence-electron chi connectivity index (χ2n) is 6.76. The van der Waals surface area contributed by atoms with Gasteiger partial charge in [-0.1, -0.05) is 24.6 Å². The zero-order valence-corrected chi connectivity index (χ0v) is 12.0. The predicted octanol–water partition coefficient (Wildman–Crippen LogP) is 3.10. The average molecular weight is 259 g/mol. The maximum absolute atomic E-state index is 10.9. The van der Waals surface area contributed by atoms with Crippen LogP contribution in [0.1, 0.15) is 48.5 Å². The zero-order valence-electron chi connectivity index (χ0n) is 12.0. The van der Waals surface area contributed by atoms with Gasteiger partial charge in [0.05, 0.1) is 6.10 Å². The van der Waals surface area contributed by atoms with E-state index in [2.05, 4.69) is 32.0 Å². The van der Waals surface area contributed by atoms with Crippen LogP contribution in [0.3, 0.4) is 0 Å². The summed E-state index contributed by atoms with van der Waals surface area (Å²) in [5.41, 5.74) is 9.63. The number of aliphatic hydroxyl groups excluding tert-OH is 1. The molecular formula is C17H25NO. The van der Waals surface area contributed by atoms with Gasteiger partial charge in [-0.3, -0.25) is 0 Å². The van der Waals surface area contributed by atoms with Crippen LogP contribution in [0.25, 0.3) is 0 Å². The van der Waals surface area contributed by atoms with E-state index < -0.39 is 6.10 Å². The monoisotopic (exact) mass is 259 g/mol. The van der Waals surface area contributed by atoms with Crippen molar-refractivity contribution in [1.82, 2.24) is 0 Å². The second kappa shape index (κ2) is 4.60. The molecule has 19 heavy (non-hydrogen) atoms. The number of aliphatic hydroxyl groups is 1. The number of aryl methyl sites for hydroxylation is 2. The molecule has 0 amide bonds. The van der Waals surface area contributed by atoms with Crippen molar-refractivity contribution < 1.29 is 5.11 Å². The molecule has 0 saturated heterocycles. The highest BCUT2D eigenvalue weighted by Crippen LogP contribution is 2.60. The molecular weight excluding hydrogens is 234 g/mol. The third-order valence-electron chi connectivity index (χ3n) is 5.79. The fourth-order valence-electron chi connectivity index (χ4n) is 4.45. The number of hydrogen-bond donors (Lipinski definition) is 2. The number of fused-ring (bicyclic) bond motifs is 2. The Bertz CT molecular complexity index is 484. The molecule has 2 aliphatic rings. The summed E-state index contributed by atoms with van der Waals surface area (Å²) in [6.07, 6.45) is 4.59. The van der Waals surface area contributed by atoms with Gasteiger partial charge in [0, 0.05) is 12.0 Å². The molecule has 0 heterocycles. The highest BCUT2D eigenvalue weighted by atomic mass is 16.3. The van der Waals surface area contributed by atoms with E-state index in [9.17, 15) is 5.11 Å². The van der Waals surface area contributed by atoms with Gasteiger partial charge in [-0.25, -0.2) is 0 Å². The van der Waals surface area contributed by atoms with Crippen molar-refractivity contribution in [3.05, 3.63) is 34.9 Å². The molecule has 0 aromatic heterocycles. The lowest BCUT2D eigenvalue weighted by Gasteiger charge is -2.41. The van der Waals surface area contributed by atoms with Crippen molar-refractivity contribution >= 4 is 0 Å². The third kappa shape index (κ3) is 1.93. The van der Waals surface area contributed by atoms with Crippen LogP contribution in [0.15, 0.2) is 18.2 Å². The van der Waals surface area contributed by atoms with E-state index in [0.717, 1.165) is 17.9 Å². The Balaban J connectivity index is 1.93. The molecule has 2 bridgehead atoms. The van der Waals surface area contributed by atoms with Crippen molar-refractivity contribution in [3.8, 4) is 0 Å². The Morgan fingerprint density at radius 3 is 2.63 bits per heavy atom. The van der Waals surface area contributed by atoms with Crippen LogP contribution in [0.5, 0.6) is 0 Å². The molecule has 4 unspecified atom stereocenters. The van der Waals surface area contributed by atoms with Gasteiger partial charge >= 0.3 is 0 Å². The molecule has 2 saturated carbocycles. The van der Waals surface area contributed by atoms with E-state index in [4.69, 9.17) is 5.73 Å². The van der Waals surface area contributed by atoms with Crippen molar-refractivity contribution in [2.45, 2.75) is 45.6 Å². The quantitative estimate of drug-likeness (QED) is 0.876. The summed E-state index contributed by atoms with van der Waals surface area (Å²) in [5.74, 6) is 1.42. The van der Waals surface area contributed by atoms with Gasteiger partial charge in [0.25, 0.3) is 0 Å². The van der Waals surface area contributed by atoms with E-state index in [1.54, 1.807) is 0 Å². The number of hydrogen-bond acceptors (Lipinski definition) is 2. The molecule has 2 fully saturated rings. The Kier molecular flexibility index (Phi) is 3.18. The van der Waals surface area contributed by atoms with E-state index in [-0.39, 0.29) is 5.41 Å². The molecule has 1 aromatic carbocycles. The Morgan fingerprint density at radius 2 is 2.11 bits per heavy atom. The molecule has 0 spiro atoms.